The first-order valence-corrected chi connectivity index (χ1v) is 8.06. The third-order valence-electron chi connectivity index (χ3n) is 7.60. The van der Waals surface area contributed by atoms with E-state index in [9.17, 15) is 5.11 Å². The number of aliphatic hydroxyl groups is 1. The predicted octanol–water partition coefficient (Wildman–Crippen LogP) is 4.25. The lowest BCUT2D eigenvalue weighted by molar-refractivity contribution is -0.0455. The minimum absolute atomic E-state index is 0.0317. The molecule has 0 radical (unpaired) electrons. The van der Waals surface area contributed by atoms with Crippen LogP contribution in [0.15, 0.2) is 0 Å². The second-order valence-electron chi connectivity index (χ2n) is 8.28. The third kappa shape index (κ3) is 1.49. The van der Waals surface area contributed by atoms with Crippen LogP contribution < -0.4 is 0 Å². The van der Waals surface area contributed by atoms with Gasteiger partial charge in [-0.25, -0.2) is 0 Å². The van der Waals surface area contributed by atoms with Gasteiger partial charge in [0, 0.05) is 0 Å². The zero-order valence-electron chi connectivity index (χ0n) is 12.6. The summed E-state index contributed by atoms with van der Waals surface area (Å²) < 4.78 is 0. The van der Waals surface area contributed by atoms with Crippen molar-refractivity contribution in [1.82, 2.24) is 0 Å². The van der Waals surface area contributed by atoms with E-state index in [1.165, 1.54) is 38.5 Å². The lowest BCUT2D eigenvalue weighted by atomic mass is 9.59. The predicted molar refractivity (Wildman–Crippen MR) is 75.2 cm³/mol. The molecule has 1 heteroatoms. The molecule has 0 saturated heterocycles. The Morgan fingerprint density at radius 1 is 1.06 bits per heavy atom. The molecule has 1 nitrogen and oxygen atoms in total. The van der Waals surface area contributed by atoms with Crippen molar-refractivity contribution in [3.05, 3.63) is 0 Å². The second-order valence-corrected chi connectivity index (χ2v) is 8.28. The molecule has 0 aromatic rings. The van der Waals surface area contributed by atoms with E-state index in [0.29, 0.717) is 22.7 Å². The Bertz CT molecular complexity index is 335. The van der Waals surface area contributed by atoms with Crippen LogP contribution >= 0.6 is 0 Å². The van der Waals surface area contributed by atoms with Crippen molar-refractivity contribution in [3.63, 3.8) is 0 Å². The largest absolute Gasteiger partial charge is 0.393 e. The fourth-order valence-corrected chi connectivity index (χ4v) is 5.79. The lowest BCUT2D eigenvalue weighted by Crippen LogP contribution is -2.43. The molecule has 3 rings (SSSR count). The van der Waals surface area contributed by atoms with E-state index < -0.39 is 0 Å². The molecule has 3 saturated carbocycles. The van der Waals surface area contributed by atoms with Crippen LogP contribution in [0.25, 0.3) is 0 Å². The molecule has 0 spiro atoms. The van der Waals surface area contributed by atoms with Crippen LogP contribution in [-0.4, -0.2) is 11.2 Å². The third-order valence-corrected chi connectivity index (χ3v) is 7.60. The second kappa shape index (κ2) is 3.98. The quantitative estimate of drug-likeness (QED) is 0.738. The Balaban J connectivity index is 1.86. The molecule has 3 aliphatic carbocycles. The highest BCUT2D eigenvalue weighted by atomic mass is 16.3. The Morgan fingerprint density at radius 2 is 1.78 bits per heavy atom. The van der Waals surface area contributed by atoms with E-state index in [2.05, 4.69) is 27.7 Å². The molecule has 0 aromatic heterocycles. The number of fused-ring (bicyclic) bond motifs is 2. The maximum absolute atomic E-state index is 10.6. The summed E-state index contributed by atoms with van der Waals surface area (Å²) in [6.45, 7) is 9.75. The van der Waals surface area contributed by atoms with Gasteiger partial charge in [0.15, 0.2) is 0 Å². The zero-order chi connectivity index (χ0) is 13.1. The lowest BCUT2D eigenvalue weighted by Gasteiger charge is -2.46. The summed E-state index contributed by atoms with van der Waals surface area (Å²) in [5.41, 5.74) is 0.985. The molecule has 18 heavy (non-hydrogen) atoms. The van der Waals surface area contributed by atoms with Crippen LogP contribution in [0.1, 0.15) is 66.2 Å². The highest BCUT2D eigenvalue weighted by Gasteiger charge is 2.63. The van der Waals surface area contributed by atoms with Gasteiger partial charge in [0.2, 0.25) is 0 Å². The van der Waals surface area contributed by atoms with Crippen LogP contribution in [-0.2, 0) is 0 Å². The normalized spacial score (nSPS) is 54.8. The van der Waals surface area contributed by atoms with Gasteiger partial charge in [-0.15, -0.1) is 0 Å². The molecule has 1 N–H and O–H groups in total. The van der Waals surface area contributed by atoms with Crippen LogP contribution in [0.5, 0.6) is 0 Å². The molecule has 0 amide bonds. The van der Waals surface area contributed by atoms with Gasteiger partial charge in [0.05, 0.1) is 6.10 Å². The van der Waals surface area contributed by atoms with Gasteiger partial charge in [-0.05, 0) is 66.6 Å². The number of aliphatic hydroxyl groups excluding tert-OH is 1. The van der Waals surface area contributed by atoms with Crippen molar-refractivity contribution in [1.29, 1.82) is 0 Å². The Kier molecular flexibility index (Phi) is 2.86. The van der Waals surface area contributed by atoms with Gasteiger partial charge in [-0.3, -0.25) is 0 Å². The molecule has 0 unspecified atom stereocenters. The van der Waals surface area contributed by atoms with Crippen LogP contribution in [0.3, 0.4) is 0 Å². The van der Waals surface area contributed by atoms with E-state index in [-0.39, 0.29) is 6.10 Å². The molecule has 0 heterocycles. The summed E-state index contributed by atoms with van der Waals surface area (Å²) in [4.78, 5) is 0. The SMILES string of the molecule is C[C@@H]1CCC[C@H]([C@@H]2C[C@H]3CC[C@@]2(C)C3(C)C)[C@@H]1O. The summed E-state index contributed by atoms with van der Waals surface area (Å²) in [6.07, 6.45) is 8.02. The number of hydrogen-bond acceptors (Lipinski definition) is 1. The first-order valence-electron chi connectivity index (χ1n) is 8.06. The molecule has 0 aliphatic heterocycles. The molecule has 3 fully saturated rings. The van der Waals surface area contributed by atoms with E-state index >= 15 is 0 Å². The van der Waals surface area contributed by atoms with Crippen molar-refractivity contribution in [2.24, 2.45) is 34.5 Å². The number of hydrogen-bond donors (Lipinski definition) is 1. The summed E-state index contributed by atoms with van der Waals surface area (Å²) >= 11 is 0. The van der Waals surface area contributed by atoms with Crippen LogP contribution in [0.4, 0.5) is 0 Å². The van der Waals surface area contributed by atoms with E-state index in [0.717, 1.165) is 11.8 Å². The monoisotopic (exact) mass is 250 g/mol. The Hall–Kier alpha value is -0.0400. The standard InChI is InChI=1S/C17H30O/c1-11-6-5-7-13(15(11)18)14-10-12-8-9-17(14,4)16(12,2)3/h11-15,18H,5-10H2,1-4H3/t11-,12-,13-,14+,15-,17-/m1/s1. The van der Waals surface area contributed by atoms with E-state index in [1.807, 2.05) is 0 Å². The highest BCUT2D eigenvalue weighted by molar-refractivity contribution is 5.12. The Morgan fingerprint density at radius 3 is 2.33 bits per heavy atom. The summed E-state index contributed by atoms with van der Waals surface area (Å²) in [5.74, 6) is 2.80. The minimum Gasteiger partial charge on any atom is -0.393 e. The minimum atomic E-state index is -0.0317. The molecule has 6 atom stereocenters. The van der Waals surface area contributed by atoms with Gasteiger partial charge in [-0.2, -0.15) is 0 Å². The van der Waals surface area contributed by atoms with Gasteiger partial charge < -0.3 is 5.11 Å². The topological polar surface area (TPSA) is 20.2 Å². The molecule has 0 aromatic carbocycles. The fraction of sp³-hybridized carbons (Fsp3) is 1.00. The average Bonchev–Trinajstić information content (AvgIpc) is 2.65. The molecular formula is C17H30O. The van der Waals surface area contributed by atoms with Gasteiger partial charge in [0.25, 0.3) is 0 Å². The number of rotatable bonds is 1. The summed E-state index contributed by atoms with van der Waals surface area (Å²) in [5, 5.41) is 10.6. The average molecular weight is 250 g/mol. The maximum atomic E-state index is 10.6. The van der Waals surface area contributed by atoms with Gasteiger partial charge >= 0.3 is 0 Å². The van der Waals surface area contributed by atoms with E-state index in [1.54, 1.807) is 0 Å². The maximum Gasteiger partial charge on any atom is 0.0596 e. The van der Waals surface area contributed by atoms with Crippen molar-refractivity contribution in [2.45, 2.75) is 72.3 Å². The van der Waals surface area contributed by atoms with Gasteiger partial charge in [0.1, 0.15) is 0 Å². The molecule has 104 valence electrons. The smallest absolute Gasteiger partial charge is 0.0596 e. The van der Waals surface area contributed by atoms with Crippen molar-refractivity contribution in [2.75, 3.05) is 0 Å². The first-order chi connectivity index (χ1) is 8.38. The van der Waals surface area contributed by atoms with E-state index in [4.69, 9.17) is 0 Å². The van der Waals surface area contributed by atoms with Crippen molar-refractivity contribution >= 4 is 0 Å². The zero-order valence-corrected chi connectivity index (χ0v) is 12.6. The van der Waals surface area contributed by atoms with Crippen LogP contribution in [0.2, 0.25) is 0 Å². The molecular weight excluding hydrogens is 220 g/mol. The highest BCUT2D eigenvalue weighted by Crippen LogP contribution is 2.70. The molecule has 2 bridgehead atoms. The van der Waals surface area contributed by atoms with Crippen molar-refractivity contribution in [3.8, 4) is 0 Å². The summed E-state index contributed by atoms with van der Waals surface area (Å²) in [7, 11) is 0. The van der Waals surface area contributed by atoms with Crippen molar-refractivity contribution < 1.29 is 5.11 Å². The fourth-order valence-electron chi connectivity index (χ4n) is 5.79. The summed E-state index contributed by atoms with van der Waals surface area (Å²) in [6, 6.07) is 0. The van der Waals surface area contributed by atoms with Crippen LogP contribution in [0, 0.1) is 34.5 Å². The Labute approximate surface area is 112 Å². The molecule has 3 aliphatic rings. The first kappa shape index (κ1) is 13.0. The van der Waals surface area contributed by atoms with Gasteiger partial charge in [-0.1, -0.05) is 34.1 Å².